The average molecular weight is 305 g/mol. The Kier molecular flexibility index (Phi) is 5.48. The molecule has 0 fully saturated rings. The average Bonchev–Trinajstić information content (AvgIpc) is 2.42. The summed E-state index contributed by atoms with van der Waals surface area (Å²) in [6, 6.07) is 9.74. The van der Waals surface area contributed by atoms with Crippen LogP contribution in [0.2, 0.25) is 0 Å². The second-order valence-corrected chi connectivity index (χ2v) is 7.88. The highest BCUT2D eigenvalue weighted by atomic mass is 32.2. The Labute approximate surface area is 126 Å². The van der Waals surface area contributed by atoms with Crippen LogP contribution in [-0.2, 0) is 10.0 Å². The lowest BCUT2D eigenvalue weighted by Gasteiger charge is -2.28. The minimum absolute atomic E-state index is 0.142. The number of rotatable bonds is 5. The van der Waals surface area contributed by atoms with Crippen LogP contribution in [0.1, 0.15) is 32.8 Å². The summed E-state index contributed by atoms with van der Waals surface area (Å²) in [5.74, 6) is 0. The first-order valence-electron chi connectivity index (χ1n) is 6.58. The van der Waals surface area contributed by atoms with Crippen molar-refractivity contribution < 1.29 is 8.42 Å². The molecule has 112 valence electrons. The minimum Gasteiger partial charge on any atom is -0.207 e. The van der Waals surface area contributed by atoms with Gasteiger partial charge < -0.3 is 0 Å². The van der Waals surface area contributed by atoms with Crippen molar-refractivity contribution in [1.82, 2.24) is 4.31 Å². The van der Waals surface area contributed by atoms with Crippen LogP contribution in [0.5, 0.6) is 0 Å². The van der Waals surface area contributed by atoms with Crippen molar-refractivity contribution in [2.24, 2.45) is 5.41 Å². The number of hydrogen-bond donors (Lipinski definition) is 0. The lowest BCUT2D eigenvalue weighted by atomic mass is 9.97. The highest BCUT2D eigenvalue weighted by molar-refractivity contribution is 7.89. The molecule has 1 aromatic carbocycles. The molecule has 0 aliphatic carbocycles. The number of sulfonamides is 1. The predicted octanol–water partition coefficient (Wildman–Crippen LogP) is 2.51. The Balaban J connectivity index is 3.13. The largest absolute Gasteiger partial charge is 0.243 e. The molecular formula is C15H19N3O2S. The smallest absolute Gasteiger partial charge is 0.207 e. The SMILES string of the molecule is CC(C)(C)CN(CCC#N)S(=O)(=O)c1ccc(C#N)cc1. The van der Waals surface area contributed by atoms with E-state index in [0.29, 0.717) is 12.1 Å². The van der Waals surface area contributed by atoms with Gasteiger partial charge in [0.15, 0.2) is 0 Å². The molecule has 0 heterocycles. The van der Waals surface area contributed by atoms with Crippen molar-refractivity contribution in [2.75, 3.05) is 13.1 Å². The number of hydrogen-bond acceptors (Lipinski definition) is 4. The van der Waals surface area contributed by atoms with Crippen molar-refractivity contribution in [1.29, 1.82) is 10.5 Å². The monoisotopic (exact) mass is 305 g/mol. The van der Waals surface area contributed by atoms with Crippen LogP contribution < -0.4 is 0 Å². The maximum atomic E-state index is 12.6. The summed E-state index contributed by atoms with van der Waals surface area (Å²) in [4.78, 5) is 0.142. The summed E-state index contributed by atoms with van der Waals surface area (Å²) in [5, 5.41) is 17.5. The predicted molar refractivity (Wildman–Crippen MR) is 79.6 cm³/mol. The first kappa shape index (κ1) is 17.2. The molecular weight excluding hydrogens is 286 g/mol. The quantitative estimate of drug-likeness (QED) is 0.836. The molecule has 21 heavy (non-hydrogen) atoms. The Morgan fingerprint density at radius 1 is 1.14 bits per heavy atom. The fourth-order valence-corrected chi connectivity index (χ4v) is 3.51. The zero-order chi connectivity index (χ0) is 16.1. The van der Waals surface area contributed by atoms with Crippen molar-refractivity contribution in [2.45, 2.75) is 32.1 Å². The van der Waals surface area contributed by atoms with E-state index < -0.39 is 10.0 Å². The van der Waals surface area contributed by atoms with Gasteiger partial charge >= 0.3 is 0 Å². The molecule has 0 saturated heterocycles. The lowest BCUT2D eigenvalue weighted by Crippen LogP contribution is -2.38. The van der Waals surface area contributed by atoms with E-state index in [1.807, 2.05) is 32.9 Å². The molecule has 0 spiro atoms. The van der Waals surface area contributed by atoms with Gasteiger partial charge in [0, 0.05) is 19.5 Å². The van der Waals surface area contributed by atoms with Crippen LogP contribution in [0.3, 0.4) is 0 Å². The van der Waals surface area contributed by atoms with Gasteiger partial charge in [0.1, 0.15) is 0 Å². The Hall–Kier alpha value is -1.89. The van der Waals surface area contributed by atoms with Crippen molar-refractivity contribution in [3.8, 4) is 12.1 Å². The molecule has 1 aromatic rings. The van der Waals surface area contributed by atoms with Gasteiger partial charge in [0.2, 0.25) is 10.0 Å². The lowest BCUT2D eigenvalue weighted by molar-refractivity contribution is 0.285. The summed E-state index contributed by atoms with van der Waals surface area (Å²) in [6.45, 7) is 6.33. The number of nitriles is 2. The van der Waals surface area contributed by atoms with E-state index in [1.165, 1.54) is 28.6 Å². The third-order valence-electron chi connectivity index (χ3n) is 2.74. The van der Waals surface area contributed by atoms with E-state index in [-0.39, 0.29) is 23.3 Å². The van der Waals surface area contributed by atoms with Crippen LogP contribution in [-0.4, -0.2) is 25.8 Å². The summed E-state index contributed by atoms with van der Waals surface area (Å²) >= 11 is 0. The minimum atomic E-state index is -3.66. The Morgan fingerprint density at radius 2 is 1.71 bits per heavy atom. The molecule has 0 saturated carbocycles. The van der Waals surface area contributed by atoms with Gasteiger partial charge in [-0.25, -0.2) is 8.42 Å². The van der Waals surface area contributed by atoms with Gasteiger partial charge in [-0.3, -0.25) is 0 Å². The summed E-state index contributed by atoms with van der Waals surface area (Å²) in [6.07, 6.45) is 0.144. The zero-order valence-electron chi connectivity index (χ0n) is 12.5. The van der Waals surface area contributed by atoms with E-state index in [2.05, 4.69) is 0 Å². The molecule has 6 heteroatoms. The molecule has 5 nitrogen and oxygen atoms in total. The van der Waals surface area contributed by atoms with Crippen molar-refractivity contribution in [3.63, 3.8) is 0 Å². The molecule has 0 bridgehead atoms. The van der Waals surface area contributed by atoms with E-state index in [1.54, 1.807) is 0 Å². The third-order valence-corrected chi connectivity index (χ3v) is 4.60. The summed E-state index contributed by atoms with van der Waals surface area (Å²) < 4.78 is 26.6. The van der Waals surface area contributed by atoms with Gasteiger partial charge in [-0.2, -0.15) is 14.8 Å². The molecule has 0 aromatic heterocycles. The van der Waals surface area contributed by atoms with E-state index >= 15 is 0 Å². The fourth-order valence-electron chi connectivity index (χ4n) is 1.84. The summed E-state index contributed by atoms with van der Waals surface area (Å²) in [7, 11) is -3.66. The number of benzene rings is 1. The van der Waals surface area contributed by atoms with E-state index in [0.717, 1.165) is 0 Å². The van der Waals surface area contributed by atoms with Crippen LogP contribution >= 0.6 is 0 Å². The second kappa shape index (κ2) is 6.71. The summed E-state index contributed by atoms with van der Waals surface area (Å²) in [5.41, 5.74) is 0.197. The Bertz CT molecular complexity index is 659. The van der Waals surface area contributed by atoms with Crippen LogP contribution in [0.25, 0.3) is 0 Å². The van der Waals surface area contributed by atoms with Crippen LogP contribution in [0, 0.1) is 28.1 Å². The van der Waals surface area contributed by atoms with Crippen molar-refractivity contribution >= 4 is 10.0 Å². The fraction of sp³-hybridized carbons (Fsp3) is 0.467. The van der Waals surface area contributed by atoms with Crippen molar-refractivity contribution in [3.05, 3.63) is 29.8 Å². The van der Waals surface area contributed by atoms with Gasteiger partial charge in [-0.1, -0.05) is 20.8 Å². The van der Waals surface area contributed by atoms with Gasteiger partial charge in [-0.05, 0) is 29.7 Å². The highest BCUT2D eigenvalue weighted by Crippen LogP contribution is 2.22. The Morgan fingerprint density at radius 3 is 2.14 bits per heavy atom. The van der Waals surface area contributed by atoms with E-state index in [4.69, 9.17) is 10.5 Å². The molecule has 1 rings (SSSR count). The normalized spacial score (nSPS) is 11.9. The van der Waals surface area contributed by atoms with E-state index in [9.17, 15) is 8.42 Å². The molecule has 0 radical (unpaired) electrons. The van der Waals surface area contributed by atoms with Crippen LogP contribution in [0.4, 0.5) is 0 Å². The molecule has 0 aliphatic heterocycles. The molecule has 0 N–H and O–H groups in total. The molecule has 0 unspecified atom stereocenters. The van der Waals surface area contributed by atoms with Gasteiger partial charge in [0.25, 0.3) is 0 Å². The first-order chi connectivity index (χ1) is 9.70. The molecule has 0 aliphatic rings. The number of nitrogens with zero attached hydrogens (tertiary/aromatic N) is 3. The second-order valence-electron chi connectivity index (χ2n) is 5.94. The maximum absolute atomic E-state index is 12.6. The third kappa shape index (κ3) is 4.86. The van der Waals surface area contributed by atoms with Gasteiger partial charge in [0.05, 0.1) is 22.6 Å². The molecule has 0 amide bonds. The molecule has 0 atom stereocenters. The first-order valence-corrected chi connectivity index (χ1v) is 8.02. The maximum Gasteiger partial charge on any atom is 0.243 e. The van der Waals surface area contributed by atoms with Crippen LogP contribution in [0.15, 0.2) is 29.2 Å². The highest BCUT2D eigenvalue weighted by Gasteiger charge is 2.28. The zero-order valence-corrected chi connectivity index (χ0v) is 13.3. The van der Waals surface area contributed by atoms with Gasteiger partial charge in [-0.15, -0.1) is 0 Å². The standard InChI is InChI=1S/C15H19N3O2S/c1-15(2,3)12-18(10-4-9-16)21(19,20)14-7-5-13(11-17)6-8-14/h5-8H,4,10,12H2,1-3H3. The topological polar surface area (TPSA) is 85.0 Å².